The van der Waals surface area contributed by atoms with Crippen molar-refractivity contribution in [2.24, 2.45) is 0 Å². The van der Waals surface area contributed by atoms with Crippen molar-refractivity contribution in [3.8, 4) is 22.4 Å². The molecule has 35 heavy (non-hydrogen) atoms. The first kappa shape index (κ1) is 23.4. The van der Waals surface area contributed by atoms with E-state index in [1.54, 1.807) is 15.6 Å². The van der Waals surface area contributed by atoms with E-state index in [4.69, 9.17) is 15.8 Å². The summed E-state index contributed by atoms with van der Waals surface area (Å²) in [5, 5.41) is 23.2. The zero-order valence-electron chi connectivity index (χ0n) is 18.9. The molecule has 0 unspecified atom stereocenters. The van der Waals surface area contributed by atoms with Crippen molar-refractivity contribution in [2.75, 3.05) is 25.4 Å². The number of amides is 1. The van der Waals surface area contributed by atoms with Gasteiger partial charge < -0.3 is 20.8 Å². The van der Waals surface area contributed by atoms with Crippen molar-refractivity contribution in [1.82, 2.24) is 24.5 Å². The summed E-state index contributed by atoms with van der Waals surface area (Å²) >= 11 is 3.60. The van der Waals surface area contributed by atoms with Crippen LogP contribution in [0.3, 0.4) is 0 Å². The van der Waals surface area contributed by atoms with Gasteiger partial charge in [-0.05, 0) is 34.8 Å². The zero-order chi connectivity index (χ0) is 24.5. The van der Waals surface area contributed by atoms with Gasteiger partial charge in [-0.3, -0.25) is 9.78 Å². The summed E-state index contributed by atoms with van der Waals surface area (Å²) < 4.78 is 2.31. The lowest BCUT2D eigenvalue weighted by atomic mass is 9.92. The van der Waals surface area contributed by atoms with Crippen LogP contribution in [0.1, 0.15) is 24.5 Å². The van der Waals surface area contributed by atoms with Crippen LogP contribution in [-0.2, 0) is 4.79 Å². The van der Waals surface area contributed by atoms with Crippen LogP contribution in [0.25, 0.3) is 28.0 Å². The minimum absolute atomic E-state index is 0.0772. The van der Waals surface area contributed by atoms with Crippen LogP contribution in [0.4, 0.5) is 5.82 Å². The molecule has 5 rings (SSSR count). The van der Waals surface area contributed by atoms with Crippen LogP contribution in [0.2, 0.25) is 0 Å². The van der Waals surface area contributed by atoms with E-state index in [0.717, 1.165) is 28.1 Å². The van der Waals surface area contributed by atoms with Crippen molar-refractivity contribution in [3.63, 3.8) is 0 Å². The molecule has 1 fully saturated rings. The number of anilines is 1. The summed E-state index contributed by atoms with van der Waals surface area (Å²) in [7, 11) is 0. The molecule has 0 radical (unpaired) electrons. The van der Waals surface area contributed by atoms with Crippen molar-refractivity contribution in [1.29, 1.82) is 0 Å². The predicted molar refractivity (Wildman–Crippen MR) is 135 cm³/mol. The lowest BCUT2D eigenvalue weighted by Gasteiger charge is -2.33. The number of hydrogen-bond acceptors (Lipinski definition) is 7. The number of carbonyl (C=O) groups is 1. The lowest BCUT2D eigenvalue weighted by molar-refractivity contribution is -0.143. The predicted octanol–water partition coefficient (Wildman–Crippen LogP) is 2.86. The van der Waals surface area contributed by atoms with Gasteiger partial charge in [-0.1, -0.05) is 36.4 Å². The summed E-state index contributed by atoms with van der Waals surface area (Å²) in [6.07, 6.45) is 3.52. The van der Waals surface area contributed by atoms with Crippen molar-refractivity contribution in [3.05, 3.63) is 65.0 Å². The molecule has 1 aliphatic heterocycles. The molecular formula is C25H25BrN6O3. The van der Waals surface area contributed by atoms with Gasteiger partial charge in [-0.2, -0.15) is 9.61 Å². The monoisotopic (exact) mass is 536 g/mol. The Morgan fingerprint density at radius 3 is 2.51 bits per heavy atom. The number of carbonyl (C=O) groups excluding carboxylic acids is 1. The Morgan fingerprint density at radius 1 is 1.11 bits per heavy atom. The number of aromatic nitrogens is 4. The van der Waals surface area contributed by atoms with Gasteiger partial charge in [0.2, 0.25) is 0 Å². The van der Waals surface area contributed by atoms with Gasteiger partial charge in [0.1, 0.15) is 5.82 Å². The van der Waals surface area contributed by atoms with Gasteiger partial charge in [0, 0.05) is 41.9 Å². The number of piperidine rings is 1. The number of benzene rings is 1. The third-order valence-corrected chi connectivity index (χ3v) is 7.26. The van der Waals surface area contributed by atoms with E-state index in [2.05, 4.69) is 26.0 Å². The van der Waals surface area contributed by atoms with E-state index < -0.39 is 18.6 Å². The molecule has 0 spiro atoms. The maximum atomic E-state index is 12.2. The molecule has 1 aromatic carbocycles. The molecule has 1 aliphatic rings. The van der Waals surface area contributed by atoms with Gasteiger partial charge >= 0.3 is 0 Å². The van der Waals surface area contributed by atoms with Crippen LogP contribution in [-0.4, -0.2) is 66.4 Å². The number of aliphatic hydroxyl groups is 2. The average Bonchev–Trinajstić information content (AvgIpc) is 3.34. The van der Waals surface area contributed by atoms with Gasteiger partial charge in [0.15, 0.2) is 11.8 Å². The standard InChI is InChI=1S/C25H25BrN6O3/c26-21-22(16-8-10-31(11-9-16)25(35)20(34)14-33)30-24-18(13-29-32(24)23(21)27)17-6-7-19(28-12-17)15-4-2-1-3-5-15/h1-7,12-13,16,20,33-34H,8-11,14,27H2/t20-/m0/s1. The Hall–Kier alpha value is -3.34. The molecule has 4 aromatic rings. The van der Waals surface area contributed by atoms with Gasteiger partial charge in [-0.25, -0.2) is 4.98 Å². The summed E-state index contributed by atoms with van der Waals surface area (Å²) in [5.74, 6) is 0.0881. The van der Waals surface area contributed by atoms with Crippen LogP contribution in [0.15, 0.2) is 59.3 Å². The maximum absolute atomic E-state index is 12.2. The molecule has 9 nitrogen and oxygen atoms in total. The molecule has 3 aromatic heterocycles. The Kier molecular flexibility index (Phi) is 6.50. The van der Waals surface area contributed by atoms with Crippen molar-refractivity contribution < 1.29 is 15.0 Å². The normalized spacial score (nSPS) is 15.5. The highest BCUT2D eigenvalue weighted by molar-refractivity contribution is 9.10. The van der Waals surface area contributed by atoms with Crippen LogP contribution in [0.5, 0.6) is 0 Å². The molecule has 180 valence electrons. The Bertz CT molecular complexity index is 1350. The number of likely N-dealkylation sites (tertiary alicyclic amines) is 1. The number of fused-ring (bicyclic) bond motifs is 1. The molecule has 1 saturated heterocycles. The molecule has 4 N–H and O–H groups in total. The lowest BCUT2D eigenvalue weighted by Crippen LogP contribution is -2.44. The van der Waals surface area contributed by atoms with E-state index in [9.17, 15) is 9.90 Å². The number of nitrogens with zero attached hydrogens (tertiary/aromatic N) is 5. The molecule has 0 aliphatic carbocycles. The maximum Gasteiger partial charge on any atom is 0.253 e. The summed E-state index contributed by atoms with van der Waals surface area (Å²) in [5.41, 5.74) is 11.5. The Balaban J connectivity index is 1.44. The summed E-state index contributed by atoms with van der Waals surface area (Å²) in [6.45, 7) is 0.359. The highest BCUT2D eigenvalue weighted by Crippen LogP contribution is 2.37. The molecule has 0 saturated carbocycles. The molecular weight excluding hydrogens is 512 g/mol. The molecule has 4 heterocycles. The van der Waals surface area contributed by atoms with E-state index in [-0.39, 0.29) is 5.92 Å². The first-order valence-electron chi connectivity index (χ1n) is 11.4. The first-order chi connectivity index (χ1) is 17.0. The zero-order valence-corrected chi connectivity index (χ0v) is 20.5. The van der Waals surface area contributed by atoms with E-state index in [1.807, 2.05) is 48.7 Å². The quantitative estimate of drug-likeness (QED) is 0.357. The van der Waals surface area contributed by atoms with Crippen molar-refractivity contribution in [2.45, 2.75) is 24.9 Å². The largest absolute Gasteiger partial charge is 0.393 e. The number of aliphatic hydroxyl groups excluding tert-OH is 2. The third kappa shape index (κ3) is 4.40. The number of pyridine rings is 1. The fourth-order valence-electron chi connectivity index (χ4n) is 4.48. The first-order valence-corrected chi connectivity index (χ1v) is 12.2. The fourth-order valence-corrected chi connectivity index (χ4v) is 5.06. The number of hydrogen-bond donors (Lipinski definition) is 3. The van der Waals surface area contributed by atoms with Gasteiger partial charge in [0.05, 0.1) is 28.7 Å². The van der Waals surface area contributed by atoms with Crippen molar-refractivity contribution >= 4 is 33.3 Å². The number of rotatable bonds is 5. The second kappa shape index (κ2) is 9.73. The second-order valence-electron chi connectivity index (χ2n) is 8.59. The summed E-state index contributed by atoms with van der Waals surface area (Å²) in [6, 6.07) is 14.0. The van der Waals surface area contributed by atoms with Crippen LogP contribution >= 0.6 is 15.9 Å². The third-order valence-electron chi connectivity index (χ3n) is 6.44. The second-order valence-corrected chi connectivity index (χ2v) is 9.38. The minimum Gasteiger partial charge on any atom is -0.393 e. The SMILES string of the molecule is Nc1c(Br)c(C2CCN(C(=O)[C@@H](O)CO)CC2)nc2c(-c3ccc(-c4ccccc4)nc3)cnn12. The van der Waals surface area contributed by atoms with E-state index in [0.29, 0.717) is 41.9 Å². The van der Waals surface area contributed by atoms with Crippen LogP contribution < -0.4 is 5.73 Å². The van der Waals surface area contributed by atoms with Gasteiger partial charge in [0.25, 0.3) is 5.91 Å². The highest BCUT2D eigenvalue weighted by atomic mass is 79.9. The molecule has 0 bridgehead atoms. The topological polar surface area (TPSA) is 130 Å². The molecule has 1 amide bonds. The Labute approximate surface area is 210 Å². The smallest absolute Gasteiger partial charge is 0.253 e. The minimum atomic E-state index is -1.38. The fraction of sp³-hybridized carbons (Fsp3) is 0.280. The van der Waals surface area contributed by atoms with E-state index >= 15 is 0 Å². The number of halogens is 1. The molecule has 1 atom stereocenters. The van der Waals surface area contributed by atoms with Gasteiger partial charge in [-0.15, -0.1) is 0 Å². The molecule has 10 heteroatoms. The van der Waals surface area contributed by atoms with Crippen LogP contribution in [0, 0.1) is 0 Å². The number of nitrogens with two attached hydrogens (primary N) is 1. The number of nitrogen functional groups attached to an aromatic ring is 1. The Morgan fingerprint density at radius 2 is 1.86 bits per heavy atom. The average molecular weight is 537 g/mol. The highest BCUT2D eigenvalue weighted by Gasteiger charge is 2.30. The summed E-state index contributed by atoms with van der Waals surface area (Å²) in [4.78, 5) is 23.4. The van der Waals surface area contributed by atoms with E-state index in [1.165, 1.54) is 0 Å².